The summed E-state index contributed by atoms with van der Waals surface area (Å²) in [5.74, 6) is 1.46. The fraction of sp³-hybridized carbons (Fsp3) is 0.600. The summed E-state index contributed by atoms with van der Waals surface area (Å²) in [6, 6.07) is 6.08. The number of aliphatic hydroxyl groups excluding tert-OH is 1. The Morgan fingerprint density at radius 1 is 1.33 bits per heavy atom. The van der Waals surface area contributed by atoms with Gasteiger partial charge in [-0.3, -0.25) is 0 Å². The summed E-state index contributed by atoms with van der Waals surface area (Å²) in [4.78, 5) is 0. The van der Waals surface area contributed by atoms with Crippen molar-refractivity contribution >= 4 is 0 Å². The van der Waals surface area contributed by atoms with Gasteiger partial charge in [-0.2, -0.15) is 0 Å². The van der Waals surface area contributed by atoms with E-state index in [2.05, 4.69) is 6.07 Å². The predicted octanol–water partition coefficient (Wildman–Crippen LogP) is 2.47. The maximum Gasteiger partial charge on any atom is 0.119 e. The van der Waals surface area contributed by atoms with Crippen LogP contribution < -0.4 is 4.74 Å². The number of ether oxygens (including phenoxy) is 2. The molecule has 18 heavy (non-hydrogen) atoms. The second-order valence-corrected chi connectivity index (χ2v) is 5.31. The van der Waals surface area contributed by atoms with Crippen LogP contribution in [0.4, 0.5) is 0 Å². The fourth-order valence-electron chi connectivity index (χ4n) is 2.78. The molecule has 1 N–H and O–H groups in total. The number of fused-ring (bicyclic) bond motifs is 1. The molecular formula is C15H20O3. The molecule has 1 heterocycles. The van der Waals surface area contributed by atoms with E-state index < -0.39 is 0 Å². The molecule has 1 saturated heterocycles. The van der Waals surface area contributed by atoms with E-state index >= 15 is 0 Å². The van der Waals surface area contributed by atoms with E-state index in [9.17, 15) is 5.11 Å². The Balaban J connectivity index is 1.66. The second-order valence-electron chi connectivity index (χ2n) is 5.31. The molecule has 3 nitrogen and oxygen atoms in total. The van der Waals surface area contributed by atoms with Gasteiger partial charge in [-0.15, -0.1) is 0 Å². The Kier molecular flexibility index (Phi) is 3.52. The molecule has 1 aliphatic heterocycles. The van der Waals surface area contributed by atoms with Crippen LogP contribution in [0.5, 0.6) is 5.75 Å². The lowest BCUT2D eigenvalue weighted by molar-refractivity contribution is 0.156. The van der Waals surface area contributed by atoms with Crippen molar-refractivity contribution in [3.05, 3.63) is 29.3 Å². The highest BCUT2D eigenvalue weighted by Crippen LogP contribution is 2.32. The minimum absolute atomic E-state index is 0.286. The molecule has 1 aromatic rings. The number of rotatable bonds is 3. The Morgan fingerprint density at radius 3 is 3.11 bits per heavy atom. The maximum atomic E-state index is 9.90. The molecule has 0 aromatic heterocycles. The van der Waals surface area contributed by atoms with Crippen molar-refractivity contribution < 1.29 is 14.6 Å². The molecule has 0 bridgehead atoms. The lowest BCUT2D eigenvalue weighted by atomic mass is 9.89. The second kappa shape index (κ2) is 5.29. The van der Waals surface area contributed by atoms with Crippen molar-refractivity contribution in [2.45, 2.75) is 31.8 Å². The van der Waals surface area contributed by atoms with Gasteiger partial charge in [0, 0.05) is 12.5 Å². The van der Waals surface area contributed by atoms with E-state index in [-0.39, 0.29) is 6.10 Å². The van der Waals surface area contributed by atoms with Gasteiger partial charge in [-0.25, -0.2) is 0 Å². The highest BCUT2D eigenvalue weighted by Gasteiger charge is 2.19. The molecule has 2 aliphatic rings. The van der Waals surface area contributed by atoms with Crippen LogP contribution in [0, 0.1) is 5.92 Å². The number of benzene rings is 1. The minimum Gasteiger partial charge on any atom is -0.493 e. The normalized spacial score (nSPS) is 26.9. The summed E-state index contributed by atoms with van der Waals surface area (Å²) in [5.41, 5.74) is 2.33. The Labute approximate surface area is 108 Å². The minimum atomic E-state index is -0.286. The third-order valence-electron chi connectivity index (χ3n) is 3.91. The van der Waals surface area contributed by atoms with Crippen LogP contribution in [0.15, 0.2) is 18.2 Å². The Bertz CT molecular complexity index is 410. The van der Waals surface area contributed by atoms with Crippen molar-refractivity contribution in [3.8, 4) is 5.75 Å². The van der Waals surface area contributed by atoms with E-state index in [1.54, 1.807) is 0 Å². The third kappa shape index (κ3) is 2.52. The summed E-state index contributed by atoms with van der Waals surface area (Å²) in [6.07, 6.45) is 3.81. The van der Waals surface area contributed by atoms with E-state index in [1.165, 1.54) is 5.56 Å². The molecule has 0 spiro atoms. The molecule has 2 unspecified atom stereocenters. The molecule has 0 amide bonds. The molecule has 98 valence electrons. The summed E-state index contributed by atoms with van der Waals surface area (Å²) in [5, 5.41) is 9.90. The first-order valence-corrected chi connectivity index (χ1v) is 6.84. The lowest BCUT2D eigenvalue weighted by Crippen LogP contribution is -2.13. The van der Waals surface area contributed by atoms with Gasteiger partial charge >= 0.3 is 0 Å². The largest absolute Gasteiger partial charge is 0.493 e. The monoisotopic (exact) mass is 248 g/mol. The molecule has 0 radical (unpaired) electrons. The fourth-order valence-corrected chi connectivity index (χ4v) is 2.78. The molecule has 1 fully saturated rings. The zero-order valence-corrected chi connectivity index (χ0v) is 10.6. The van der Waals surface area contributed by atoms with Gasteiger partial charge in [0.2, 0.25) is 0 Å². The van der Waals surface area contributed by atoms with Crippen LogP contribution in [0.3, 0.4) is 0 Å². The van der Waals surface area contributed by atoms with Crippen LogP contribution in [0.2, 0.25) is 0 Å². The van der Waals surface area contributed by atoms with Crippen molar-refractivity contribution in [2.24, 2.45) is 5.92 Å². The quantitative estimate of drug-likeness (QED) is 0.893. The molecule has 1 aromatic carbocycles. The number of hydrogen-bond acceptors (Lipinski definition) is 3. The predicted molar refractivity (Wildman–Crippen MR) is 68.8 cm³/mol. The van der Waals surface area contributed by atoms with Gasteiger partial charge in [0.15, 0.2) is 0 Å². The Hall–Kier alpha value is -1.06. The van der Waals surface area contributed by atoms with Gasteiger partial charge in [-0.1, -0.05) is 6.07 Å². The first-order valence-electron chi connectivity index (χ1n) is 6.84. The first-order chi connectivity index (χ1) is 8.83. The Morgan fingerprint density at radius 2 is 2.28 bits per heavy atom. The molecule has 1 aliphatic carbocycles. The van der Waals surface area contributed by atoms with Gasteiger partial charge in [0.1, 0.15) is 5.75 Å². The van der Waals surface area contributed by atoms with Crippen LogP contribution in [0.25, 0.3) is 0 Å². The van der Waals surface area contributed by atoms with Crippen molar-refractivity contribution in [3.63, 3.8) is 0 Å². The van der Waals surface area contributed by atoms with Crippen molar-refractivity contribution in [2.75, 3.05) is 19.8 Å². The van der Waals surface area contributed by atoms with Gasteiger partial charge in [0.05, 0.1) is 19.3 Å². The number of hydrogen-bond donors (Lipinski definition) is 1. The first kappa shape index (κ1) is 12.0. The zero-order valence-electron chi connectivity index (χ0n) is 10.6. The summed E-state index contributed by atoms with van der Waals surface area (Å²) >= 11 is 0. The average Bonchev–Trinajstić information content (AvgIpc) is 2.90. The summed E-state index contributed by atoms with van der Waals surface area (Å²) in [7, 11) is 0. The van der Waals surface area contributed by atoms with Crippen LogP contribution in [-0.4, -0.2) is 24.9 Å². The van der Waals surface area contributed by atoms with Crippen molar-refractivity contribution in [1.82, 2.24) is 0 Å². The third-order valence-corrected chi connectivity index (χ3v) is 3.91. The van der Waals surface area contributed by atoms with Crippen LogP contribution >= 0.6 is 0 Å². The SMILES string of the molecule is OC1CCCc2cc(OCC3CCOC3)ccc21. The van der Waals surface area contributed by atoms with Gasteiger partial charge in [-0.05, 0) is 48.9 Å². The average molecular weight is 248 g/mol. The molecule has 2 atom stereocenters. The molecule has 3 rings (SSSR count). The highest BCUT2D eigenvalue weighted by molar-refractivity contribution is 5.38. The smallest absolute Gasteiger partial charge is 0.119 e. The van der Waals surface area contributed by atoms with Crippen LogP contribution in [0.1, 0.15) is 36.5 Å². The zero-order chi connectivity index (χ0) is 12.4. The van der Waals surface area contributed by atoms with E-state index in [0.29, 0.717) is 5.92 Å². The van der Waals surface area contributed by atoms with Crippen LogP contribution in [-0.2, 0) is 11.2 Å². The maximum absolute atomic E-state index is 9.90. The standard InChI is InChI=1S/C15H20O3/c16-15-3-1-2-12-8-13(4-5-14(12)15)18-10-11-6-7-17-9-11/h4-5,8,11,15-16H,1-3,6-7,9-10H2. The lowest BCUT2D eigenvalue weighted by Gasteiger charge is -2.22. The van der Waals surface area contributed by atoms with Gasteiger partial charge < -0.3 is 14.6 Å². The molecule has 0 saturated carbocycles. The van der Waals surface area contributed by atoms with E-state index in [4.69, 9.17) is 9.47 Å². The topological polar surface area (TPSA) is 38.7 Å². The van der Waals surface area contributed by atoms with Gasteiger partial charge in [0.25, 0.3) is 0 Å². The molecular weight excluding hydrogens is 228 g/mol. The number of aliphatic hydroxyl groups is 1. The number of aryl methyl sites for hydroxylation is 1. The highest BCUT2D eigenvalue weighted by atomic mass is 16.5. The van der Waals surface area contributed by atoms with E-state index in [0.717, 1.165) is 56.8 Å². The molecule has 3 heteroatoms. The van der Waals surface area contributed by atoms with Crippen molar-refractivity contribution in [1.29, 1.82) is 0 Å². The van der Waals surface area contributed by atoms with E-state index in [1.807, 2.05) is 12.1 Å². The summed E-state index contributed by atoms with van der Waals surface area (Å²) < 4.78 is 11.2. The summed E-state index contributed by atoms with van der Waals surface area (Å²) in [6.45, 7) is 2.43.